The van der Waals surface area contributed by atoms with Gasteiger partial charge < -0.3 is 20.1 Å². The Morgan fingerprint density at radius 1 is 1.44 bits per heavy atom. The lowest BCUT2D eigenvalue weighted by molar-refractivity contribution is -0.133. The van der Waals surface area contributed by atoms with Crippen LogP contribution in [-0.2, 0) is 9.53 Å². The van der Waals surface area contributed by atoms with Crippen LogP contribution < -0.4 is 5.32 Å². The standard InChI is InChI=1S/C11H20N2O3/c1-16-10-7-13(6-9(10)14)11(15)8-4-2-3-5-12-8/h8-10,12,14H,2-7H2,1H3. The van der Waals surface area contributed by atoms with Gasteiger partial charge in [-0.3, -0.25) is 4.79 Å². The fourth-order valence-corrected chi connectivity index (χ4v) is 2.45. The van der Waals surface area contributed by atoms with Gasteiger partial charge in [-0.15, -0.1) is 0 Å². The van der Waals surface area contributed by atoms with E-state index in [0.29, 0.717) is 13.1 Å². The molecule has 1 amide bonds. The van der Waals surface area contributed by atoms with Crippen LogP contribution in [0.25, 0.3) is 0 Å². The van der Waals surface area contributed by atoms with E-state index in [4.69, 9.17) is 4.74 Å². The molecule has 2 fully saturated rings. The Morgan fingerprint density at radius 2 is 2.25 bits per heavy atom. The van der Waals surface area contributed by atoms with Crippen LogP contribution in [0.2, 0.25) is 0 Å². The molecule has 0 aromatic carbocycles. The van der Waals surface area contributed by atoms with Crippen molar-refractivity contribution in [2.24, 2.45) is 0 Å². The number of aliphatic hydroxyl groups is 1. The molecule has 2 heterocycles. The zero-order valence-electron chi connectivity index (χ0n) is 9.69. The number of nitrogens with one attached hydrogen (secondary N) is 1. The number of amides is 1. The summed E-state index contributed by atoms with van der Waals surface area (Å²) < 4.78 is 5.13. The second kappa shape index (κ2) is 5.12. The highest BCUT2D eigenvalue weighted by Crippen LogP contribution is 2.17. The predicted octanol–water partition coefficient (Wildman–Crippen LogP) is -0.653. The molecule has 2 N–H and O–H groups in total. The fraction of sp³-hybridized carbons (Fsp3) is 0.909. The number of rotatable bonds is 2. The molecule has 92 valence electrons. The summed E-state index contributed by atoms with van der Waals surface area (Å²) in [4.78, 5) is 13.8. The van der Waals surface area contributed by atoms with Crippen molar-refractivity contribution >= 4 is 5.91 Å². The molecule has 0 saturated carbocycles. The largest absolute Gasteiger partial charge is 0.388 e. The molecule has 0 aliphatic carbocycles. The summed E-state index contributed by atoms with van der Waals surface area (Å²) in [5.41, 5.74) is 0. The first-order chi connectivity index (χ1) is 7.72. The van der Waals surface area contributed by atoms with Gasteiger partial charge in [0.25, 0.3) is 0 Å². The number of carbonyl (C=O) groups excluding carboxylic acids is 1. The quantitative estimate of drug-likeness (QED) is 0.659. The first-order valence-electron chi connectivity index (χ1n) is 5.95. The summed E-state index contributed by atoms with van der Waals surface area (Å²) in [5, 5.41) is 12.9. The van der Waals surface area contributed by atoms with Crippen LogP contribution in [0.1, 0.15) is 19.3 Å². The monoisotopic (exact) mass is 228 g/mol. The van der Waals surface area contributed by atoms with E-state index in [1.165, 1.54) is 0 Å². The molecule has 2 aliphatic heterocycles. The van der Waals surface area contributed by atoms with Gasteiger partial charge in [0, 0.05) is 20.2 Å². The summed E-state index contributed by atoms with van der Waals surface area (Å²) in [6.07, 6.45) is 2.38. The third kappa shape index (κ3) is 2.36. The van der Waals surface area contributed by atoms with Gasteiger partial charge in [0.2, 0.25) is 5.91 Å². The van der Waals surface area contributed by atoms with Crippen LogP contribution in [0.5, 0.6) is 0 Å². The second-order valence-corrected chi connectivity index (χ2v) is 4.59. The topological polar surface area (TPSA) is 61.8 Å². The molecule has 0 spiro atoms. The van der Waals surface area contributed by atoms with Crippen molar-refractivity contribution in [3.63, 3.8) is 0 Å². The van der Waals surface area contributed by atoms with Crippen molar-refractivity contribution in [3.05, 3.63) is 0 Å². The van der Waals surface area contributed by atoms with Gasteiger partial charge in [0.15, 0.2) is 0 Å². The number of nitrogens with zero attached hydrogens (tertiary/aromatic N) is 1. The van der Waals surface area contributed by atoms with Crippen LogP contribution in [0.3, 0.4) is 0 Å². The van der Waals surface area contributed by atoms with E-state index in [9.17, 15) is 9.90 Å². The van der Waals surface area contributed by atoms with Crippen LogP contribution in [-0.4, -0.2) is 60.9 Å². The molecule has 2 rings (SSSR count). The average Bonchev–Trinajstić information content (AvgIpc) is 2.71. The molecular formula is C11H20N2O3. The minimum Gasteiger partial charge on any atom is -0.388 e. The minimum atomic E-state index is -0.544. The van der Waals surface area contributed by atoms with Crippen molar-refractivity contribution in [1.82, 2.24) is 10.2 Å². The van der Waals surface area contributed by atoms with E-state index in [1.54, 1.807) is 12.0 Å². The molecule has 0 aromatic heterocycles. The first kappa shape index (κ1) is 11.8. The van der Waals surface area contributed by atoms with Crippen molar-refractivity contribution in [1.29, 1.82) is 0 Å². The zero-order chi connectivity index (χ0) is 11.5. The van der Waals surface area contributed by atoms with Crippen LogP contribution in [0, 0.1) is 0 Å². The summed E-state index contributed by atoms with van der Waals surface area (Å²) in [7, 11) is 1.57. The summed E-state index contributed by atoms with van der Waals surface area (Å²) in [5.74, 6) is 0.110. The van der Waals surface area contributed by atoms with E-state index in [-0.39, 0.29) is 18.1 Å². The van der Waals surface area contributed by atoms with Gasteiger partial charge in [-0.05, 0) is 19.4 Å². The number of hydrogen-bond acceptors (Lipinski definition) is 4. The number of methoxy groups -OCH3 is 1. The normalized spacial score (nSPS) is 35.4. The van der Waals surface area contributed by atoms with Crippen molar-refractivity contribution in [2.45, 2.75) is 37.5 Å². The SMILES string of the molecule is COC1CN(C(=O)C2CCCCN2)CC1O. The Kier molecular flexibility index (Phi) is 3.78. The number of piperidine rings is 1. The zero-order valence-corrected chi connectivity index (χ0v) is 9.69. The lowest BCUT2D eigenvalue weighted by Gasteiger charge is -2.27. The molecule has 3 unspecified atom stereocenters. The van der Waals surface area contributed by atoms with Gasteiger partial charge in [0.05, 0.1) is 12.1 Å². The van der Waals surface area contributed by atoms with Gasteiger partial charge in [-0.2, -0.15) is 0 Å². The Morgan fingerprint density at radius 3 is 2.81 bits per heavy atom. The molecule has 2 aliphatic rings. The Hall–Kier alpha value is -0.650. The summed E-state index contributed by atoms with van der Waals surface area (Å²) >= 11 is 0. The second-order valence-electron chi connectivity index (χ2n) is 4.59. The summed E-state index contributed by atoms with van der Waals surface area (Å²) in [6.45, 7) is 1.82. The molecule has 0 radical (unpaired) electrons. The highest BCUT2D eigenvalue weighted by Gasteiger charge is 2.36. The van der Waals surface area contributed by atoms with Gasteiger partial charge >= 0.3 is 0 Å². The van der Waals surface area contributed by atoms with Crippen LogP contribution in [0.4, 0.5) is 0 Å². The smallest absolute Gasteiger partial charge is 0.239 e. The minimum absolute atomic E-state index is 0.0587. The van der Waals surface area contributed by atoms with E-state index in [1.807, 2.05) is 0 Å². The molecule has 0 aromatic rings. The summed E-state index contributed by atoms with van der Waals surface area (Å²) in [6, 6.07) is -0.0587. The number of ether oxygens (including phenoxy) is 1. The van der Waals surface area contributed by atoms with Crippen molar-refractivity contribution in [3.8, 4) is 0 Å². The molecular weight excluding hydrogens is 208 g/mol. The Bertz CT molecular complexity index is 254. The Labute approximate surface area is 95.8 Å². The van der Waals surface area contributed by atoms with E-state index >= 15 is 0 Å². The lowest BCUT2D eigenvalue weighted by atomic mass is 10.0. The van der Waals surface area contributed by atoms with Gasteiger partial charge in [-0.25, -0.2) is 0 Å². The van der Waals surface area contributed by atoms with E-state index in [2.05, 4.69) is 5.32 Å². The molecule has 0 bridgehead atoms. The lowest BCUT2D eigenvalue weighted by Crippen LogP contribution is -2.48. The number of carbonyl (C=O) groups is 1. The maximum Gasteiger partial charge on any atom is 0.239 e. The van der Waals surface area contributed by atoms with Crippen molar-refractivity contribution in [2.75, 3.05) is 26.7 Å². The van der Waals surface area contributed by atoms with Crippen LogP contribution >= 0.6 is 0 Å². The molecule has 3 atom stereocenters. The molecule has 2 saturated heterocycles. The van der Waals surface area contributed by atoms with E-state index < -0.39 is 6.10 Å². The Balaban J connectivity index is 1.90. The number of likely N-dealkylation sites (tertiary alicyclic amines) is 1. The third-order valence-corrected chi connectivity index (χ3v) is 3.46. The molecule has 16 heavy (non-hydrogen) atoms. The number of aliphatic hydroxyl groups excluding tert-OH is 1. The number of β-amino-alcohol motifs (C(OH)–C–C–N with tert-alkyl or cyclic N) is 1. The maximum absolute atomic E-state index is 12.1. The van der Waals surface area contributed by atoms with E-state index in [0.717, 1.165) is 25.8 Å². The highest BCUT2D eigenvalue weighted by molar-refractivity contribution is 5.82. The first-order valence-corrected chi connectivity index (χ1v) is 5.95. The van der Waals surface area contributed by atoms with Crippen molar-refractivity contribution < 1.29 is 14.6 Å². The highest BCUT2D eigenvalue weighted by atomic mass is 16.5. The maximum atomic E-state index is 12.1. The average molecular weight is 228 g/mol. The predicted molar refractivity (Wildman–Crippen MR) is 59.0 cm³/mol. The van der Waals surface area contributed by atoms with Gasteiger partial charge in [-0.1, -0.05) is 6.42 Å². The van der Waals surface area contributed by atoms with Gasteiger partial charge in [0.1, 0.15) is 6.10 Å². The fourth-order valence-electron chi connectivity index (χ4n) is 2.45. The molecule has 5 heteroatoms. The molecule has 5 nitrogen and oxygen atoms in total. The number of hydrogen-bond donors (Lipinski definition) is 2. The third-order valence-electron chi connectivity index (χ3n) is 3.46. The van der Waals surface area contributed by atoms with Crippen LogP contribution in [0.15, 0.2) is 0 Å².